The molecule has 1 aliphatic rings. The number of benzene rings is 1. The molecule has 158 valence electrons. The zero-order valence-electron chi connectivity index (χ0n) is 16.3. The van der Waals surface area contributed by atoms with Crippen molar-refractivity contribution in [3.05, 3.63) is 64.1 Å². The molecule has 30 heavy (non-hydrogen) atoms. The third-order valence-corrected chi connectivity index (χ3v) is 5.51. The highest BCUT2D eigenvalue weighted by Crippen LogP contribution is 2.30. The SMILES string of the molecule is Cc1nc2cc(F)ccc2c(=O)n1CC1CCN(c2cccc(C(F)(F)F)n2)CC1. The maximum Gasteiger partial charge on any atom is 0.433 e. The molecular formula is C21H20F4N4O. The van der Waals surface area contributed by atoms with Crippen LogP contribution in [0.2, 0.25) is 0 Å². The van der Waals surface area contributed by atoms with Gasteiger partial charge >= 0.3 is 6.18 Å². The fraction of sp³-hybridized carbons (Fsp3) is 0.381. The summed E-state index contributed by atoms with van der Waals surface area (Å²) >= 11 is 0. The molecule has 0 unspecified atom stereocenters. The van der Waals surface area contributed by atoms with E-state index in [1.165, 1.54) is 24.3 Å². The van der Waals surface area contributed by atoms with Gasteiger partial charge in [-0.05, 0) is 49.9 Å². The van der Waals surface area contributed by atoms with Gasteiger partial charge in [0.15, 0.2) is 0 Å². The van der Waals surface area contributed by atoms with Crippen molar-refractivity contribution >= 4 is 16.7 Å². The lowest BCUT2D eigenvalue weighted by molar-refractivity contribution is -0.141. The van der Waals surface area contributed by atoms with Gasteiger partial charge in [-0.3, -0.25) is 9.36 Å². The Morgan fingerprint density at radius 3 is 2.53 bits per heavy atom. The predicted octanol–water partition coefficient (Wildman–Crippen LogP) is 4.17. The molecule has 0 saturated carbocycles. The average molecular weight is 420 g/mol. The van der Waals surface area contributed by atoms with Crippen molar-refractivity contribution in [1.82, 2.24) is 14.5 Å². The third-order valence-electron chi connectivity index (χ3n) is 5.51. The van der Waals surface area contributed by atoms with E-state index in [0.717, 1.165) is 6.07 Å². The first-order chi connectivity index (χ1) is 14.2. The van der Waals surface area contributed by atoms with Crippen LogP contribution < -0.4 is 10.5 Å². The fourth-order valence-corrected chi connectivity index (χ4v) is 3.88. The van der Waals surface area contributed by atoms with Crippen molar-refractivity contribution in [2.45, 2.75) is 32.5 Å². The van der Waals surface area contributed by atoms with Crippen LogP contribution in [0.1, 0.15) is 24.4 Å². The van der Waals surface area contributed by atoms with Crippen LogP contribution in [0, 0.1) is 18.7 Å². The van der Waals surface area contributed by atoms with Crippen molar-refractivity contribution in [2.75, 3.05) is 18.0 Å². The van der Waals surface area contributed by atoms with Crippen LogP contribution in [0.3, 0.4) is 0 Å². The highest BCUT2D eigenvalue weighted by molar-refractivity contribution is 5.77. The molecule has 0 radical (unpaired) electrons. The molecule has 1 aliphatic heterocycles. The van der Waals surface area contributed by atoms with E-state index in [4.69, 9.17) is 0 Å². The molecule has 0 atom stereocenters. The second kappa shape index (κ2) is 7.70. The number of aryl methyl sites for hydroxylation is 1. The van der Waals surface area contributed by atoms with Gasteiger partial charge in [0.25, 0.3) is 5.56 Å². The monoisotopic (exact) mass is 420 g/mol. The number of alkyl halides is 3. The normalized spacial score (nSPS) is 15.7. The highest BCUT2D eigenvalue weighted by atomic mass is 19.4. The molecule has 3 heterocycles. The van der Waals surface area contributed by atoms with Crippen LogP contribution >= 0.6 is 0 Å². The van der Waals surface area contributed by atoms with E-state index in [1.807, 2.05) is 4.90 Å². The first-order valence-corrected chi connectivity index (χ1v) is 9.68. The number of fused-ring (bicyclic) bond motifs is 1. The molecular weight excluding hydrogens is 400 g/mol. The predicted molar refractivity (Wildman–Crippen MR) is 105 cm³/mol. The molecule has 0 amide bonds. The number of anilines is 1. The molecule has 0 bridgehead atoms. The number of rotatable bonds is 3. The summed E-state index contributed by atoms with van der Waals surface area (Å²) in [6, 6.07) is 7.84. The number of piperidine rings is 1. The minimum Gasteiger partial charge on any atom is -0.357 e. The number of hydrogen-bond acceptors (Lipinski definition) is 4. The molecule has 1 aromatic carbocycles. The Bertz CT molecular complexity index is 1130. The Labute approximate surface area is 170 Å². The number of halogens is 4. The first-order valence-electron chi connectivity index (χ1n) is 9.68. The molecule has 5 nitrogen and oxygen atoms in total. The Hall–Kier alpha value is -2.97. The van der Waals surface area contributed by atoms with Gasteiger partial charge < -0.3 is 4.90 Å². The Morgan fingerprint density at radius 2 is 1.83 bits per heavy atom. The summed E-state index contributed by atoms with van der Waals surface area (Å²) in [5.74, 6) is 0.566. The van der Waals surface area contributed by atoms with Crippen LogP contribution in [-0.4, -0.2) is 27.6 Å². The summed E-state index contributed by atoms with van der Waals surface area (Å²) < 4.78 is 53.7. The Kier molecular flexibility index (Phi) is 5.21. The van der Waals surface area contributed by atoms with Crippen LogP contribution in [0.4, 0.5) is 23.4 Å². The van der Waals surface area contributed by atoms with Crippen LogP contribution in [0.15, 0.2) is 41.2 Å². The van der Waals surface area contributed by atoms with E-state index >= 15 is 0 Å². The summed E-state index contributed by atoms with van der Waals surface area (Å²) in [5.41, 5.74) is -0.776. The average Bonchev–Trinajstić information content (AvgIpc) is 2.71. The second-order valence-corrected chi connectivity index (χ2v) is 7.55. The van der Waals surface area contributed by atoms with E-state index in [2.05, 4.69) is 9.97 Å². The van der Waals surface area contributed by atoms with E-state index in [9.17, 15) is 22.4 Å². The van der Waals surface area contributed by atoms with Crippen LogP contribution in [-0.2, 0) is 12.7 Å². The van der Waals surface area contributed by atoms with Gasteiger partial charge in [-0.1, -0.05) is 6.07 Å². The molecule has 3 aromatic rings. The maximum atomic E-state index is 13.4. The minimum absolute atomic E-state index is 0.183. The van der Waals surface area contributed by atoms with Gasteiger partial charge in [0.2, 0.25) is 0 Å². The molecule has 1 saturated heterocycles. The van der Waals surface area contributed by atoms with Crippen molar-refractivity contribution in [3.63, 3.8) is 0 Å². The highest BCUT2D eigenvalue weighted by Gasteiger charge is 2.33. The Balaban J connectivity index is 1.48. The number of aromatic nitrogens is 3. The lowest BCUT2D eigenvalue weighted by Gasteiger charge is -2.33. The van der Waals surface area contributed by atoms with Crippen molar-refractivity contribution in [2.24, 2.45) is 5.92 Å². The number of hydrogen-bond donors (Lipinski definition) is 0. The topological polar surface area (TPSA) is 51.0 Å². The largest absolute Gasteiger partial charge is 0.433 e. The van der Waals surface area contributed by atoms with E-state index in [1.54, 1.807) is 17.6 Å². The van der Waals surface area contributed by atoms with E-state index < -0.39 is 17.7 Å². The molecule has 9 heteroatoms. The van der Waals surface area contributed by atoms with Crippen molar-refractivity contribution in [3.8, 4) is 0 Å². The molecule has 4 rings (SSSR count). The van der Waals surface area contributed by atoms with Gasteiger partial charge in [-0.25, -0.2) is 14.4 Å². The van der Waals surface area contributed by atoms with Gasteiger partial charge in [0.1, 0.15) is 23.2 Å². The number of pyridine rings is 1. The fourth-order valence-electron chi connectivity index (χ4n) is 3.88. The zero-order chi connectivity index (χ0) is 21.5. The summed E-state index contributed by atoms with van der Waals surface area (Å²) in [7, 11) is 0. The van der Waals surface area contributed by atoms with E-state index in [-0.39, 0.29) is 11.5 Å². The zero-order valence-corrected chi connectivity index (χ0v) is 16.3. The molecule has 0 spiro atoms. The summed E-state index contributed by atoms with van der Waals surface area (Å²) in [4.78, 5) is 22.8. The molecule has 1 fully saturated rings. The smallest absolute Gasteiger partial charge is 0.357 e. The summed E-state index contributed by atoms with van der Waals surface area (Å²) in [5, 5.41) is 0.368. The van der Waals surface area contributed by atoms with Crippen LogP contribution in [0.25, 0.3) is 10.9 Å². The summed E-state index contributed by atoms with van der Waals surface area (Å²) in [6.07, 6.45) is -3.05. The van der Waals surface area contributed by atoms with Gasteiger partial charge in [-0.2, -0.15) is 13.2 Å². The second-order valence-electron chi connectivity index (χ2n) is 7.55. The van der Waals surface area contributed by atoms with Crippen molar-refractivity contribution < 1.29 is 17.6 Å². The molecule has 0 aliphatic carbocycles. The van der Waals surface area contributed by atoms with E-state index in [0.29, 0.717) is 55.0 Å². The number of nitrogens with zero attached hydrogens (tertiary/aromatic N) is 4. The maximum absolute atomic E-state index is 13.4. The minimum atomic E-state index is -4.47. The van der Waals surface area contributed by atoms with Gasteiger partial charge in [0.05, 0.1) is 10.9 Å². The van der Waals surface area contributed by atoms with Gasteiger partial charge in [-0.15, -0.1) is 0 Å². The molecule has 2 aromatic heterocycles. The Morgan fingerprint density at radius 1 is 1.10 bits per heavy atom. The first kappa shape index (κ1) is 20.3. The quantitative estimate of drug-likeness (QED) is 0.597. The lowest BCUT2D eigenvalue weighted by atomic mass is 9.96. The third kappa shape index (κ3) is 4.01. The summed E-state index contributed by atoms with van der Waals surface area (Å²) in [6.45, 7) is 3.29. The van der Waals surface area contributed by atoms with Gasteiger partial charge in [0, 0.05) is 25.7 Å². The standard InChI is InChI=1S/C21H20F4N4O/c1-13-26-17-11-15(22)5-6-16(17)20(30)29(13)12-14-7-9-28(10-8-14)19-4-2-3-18(27-19)21(23,24)25/h2-6,11,14H,7-10,12H2,1H3. The van der Waals surface area contributed by atoms with Crippen LogP contribution in [0.5, 0.6) is 0 Å². The lowest BCUT2D eigenvalue weighted by Crippen LogP contribution is -2.37. The van der Waals surface area contributed by atoms with Crippen molar-refractivity contribution in [1.29, 1.82) is 0 Å². The molecule has 0 N–H and O–H groups in total.